The number of fused-ring (bicyclic) bond motifs is 1. The van der Waals surface area contributed by atoms with E-state index >= 15 is 0 Å². The molecule has 1 aromatic heterocycles. The molecule has 1 amide bonds. The number of benzene rings is 2. The van der Waals surface area contributed by atoms with Crippen molar-refractivity contribution in [3.05, 3.63) is 72.1 Å². The Morgan fingerprint density at radius 2 is 1.80 bits per heavy atom. The molecular weight excluding hydrogens is 330 g/mol. The van der Waals surface area contributed by atoms with Crippen molar-refractivity contribution in [1.29, 1.82) is 0 Å². The molecule has 25 heavy (non-hydrogen) atoms. The highest BCUT2D eigenvalue weighted by Gasteiger charge is 2.23. The maximum atomic E-state index is 12.9. The van der Waals surface area contributed by atoms with Gasteiger partial charge >= 0.3 is 0 Å². The Morgan fingerprint density at radius 3 is 2.64 bits per heavy atom. The van der Waals surface area contributed by atoms with Crippen LogP contribution in [0.15, 0.2) is 60.9 Å². The summed E-state index contributed by atoms with van der Waals surface area (Å²) in [6, 6.07) is 16.1. The molecule has 5 heteroatoms. The number of hydrogen-bond donors (Lipinski definition) is 0. The third-order valence-corrected chi connectivity index (χ3v) is 5.84. The molecular formula is C20H19N3OS. The van der Waals surface area contributed by atoms with Gasteiger partial charge in [0.25, 0.3) is 5.91 Å². The molecule has 4 rings (SSSR count). The second-order valence-corrected chi connectivity index (χ2v) is 7.42. The molecule has 2 aromatic carbocycles. The number of nitrogens with zero attached hydrogens (tertiary/aromatic N) is 3. The van der Waals surface area contributed by atoms with Crippen LogP contribution in [0.4, 0.5) is 0 Å². The van der Waals surface area contributed by atoms with Gasteiger partial charge in [0.05, 0.1) is 11.0 Å². The minimum absolute atomic E-state index is 0.0851. The summed E-state index contributed by atoms with van der Waals surface area (Å²) in [6.07, 6.45) is 4.30. The highest BCUT2D eigenvalue weighted by Crippen LogP contribution is 2.34. The predicted molar refractivity (Wildman–Crippen MR) is 102 cm³/mol. The minimum atomic E-state index is 0.0851. The largest absolute Gasteiger partial charge is 0.338 e. The summed E-state index contributed by atoms with van der Waals surface area (Å²) in [5, 5.41) is 0.460. The van der Waals surface area contributed by atoms with Crippen LogP contribution in [0.25, 0.3) is 11.0 Å². The summed E-state index contributed by atoms with van der Waals surface area (Å²) >= 11 is 1.94. The molecule has 1 atom stereocenters. The number of carbonyl (C=O) groups excluding carboxylic acids is 1. The van der Waals surface area contributed by atoms with Gasteiger partial charge < -0.3 is 4.90 Å². The van der Waals surface area contributed by atoms with E-state index in [0.29, 0.717) is 10.8 Å². The van der Waals surface area contributed by atoms with Crippen LogP contribution in [0, 0.1) is 0 Å². The van der Waals surface area contributed by atoms with Crippen LogP contribution >= 0.6 is 11.8 Å². The van der Waals surface area contributed by atoms with Crippen molar-refractivity contribution in [1.82, 2.24) is 14.9 Å². The zero-order valence-corrected chi connectivity index (χ0v) is 14.7. The molecule has 4 nitrogen and oxygen atoms in total. The third-order valence-electron chi connectivity index (χ3n) is 4.52. The van der Waals surface area contributed by atoms with Gasteiger partial charge in [-0.05, 0) is 30.2 Å². The van der Waals surface area contributed by atoms with Crippen molar-refractivity contribution >= 4 is 28.7 Å². The van der Waals surface area contributed by atoms with Crippen molar-refractivity contribution in [3.63, 3.8) is 0 Å². The molecule has 1 aliphatic rings. The third kappa shape index (κ3) is 3.51. The van der Waals surface area contributed by atoms with Gasteiger partial charge in [0.15, 0.2) is 0 Å². The van der Waals surface area contributed by atoms with E-state index in [4.69, 9.17) is 0 Å². The molecule has 2 heterocycles. The van der Waals surface area contributed by atoms with Crippen LogP contribution in [-0.2, 0) is 0 Å². The fourth-order valence-electron chi connectivity index (χ4n) is 3.19. The average Bonchev–Trinajstić information content (AvgIpc) is 2.94. The van der Waals surface area contributed by atoms with Gasteiger partial charge in [-0.3, -0.25) is 14.8 Å². The molecule has 0 aliphatic carbocycles. The quantitative estimate of drug-likeness (QED) is 0.703. The van der Waals surface area contributed by atoms with Crippen molar-refractivity contribution in [2.45, 2.75) is 11.7 Å². The van der Waals surface area contributed by atoms with Crippen molar-refractivity contribution in [2.75, 3.05) is 18.8 Å². The van der Waals surface area contributed by atoms with Crippen molar-refractivity contribution < 1.29 is 4.79 Å². The molecule has 0 spiro atoms. The lowest BCUT2D eigenvalue weighted by molar-refractivity contribution is 0.0766. The molecule has 0 radical (unpaired) electrons. The molecule has 1 fully saturated rings. The second kappa shape index (κ2) is 7.23. The van der Waals surface area contributed by atoms with Gasteiger partial charge in [0.2, 0.25) is 0 Å². The fourth-order valence-corrected chi connectivity index (χ4v) is 4.42. The maximum absolute atomic E-state index is 12.9. The van der Waals surface area contributed by atoms with Gasteiger partial charge in [-0.25, -0.2) is 0 Å². The first-order valence-electron chi connectivity index (χ1n) is 8.48. The molecule has 126 valence electrons. The summed E-state index contributed by atoms with van der Waals surface area (Å²) in [5.74, 6) is 1.04. The SMILES string of the molecule is O=C(c1ccc2nccnc2c1)N1CCS[C@H](c2ccccc2)CC1. The van der Waals surface area contributed by atoms with Gasteiger partial charge in [-0.2, -0.15) is 11.8 Å². The van der Waals surface area contributed by atoms with Crippen LogP contribution in [0.2, 0.25) is 0 Å². The number of hydrogen-bond acceptors (Lipinski definition) is 4. The number of aromatic nitrogens is 2. The van der Waals surface area contributed by atoms with Crippen LogP contribution in [0.1, 0.15) is 27.6 Å². The normalized spacial score (nSPS) is 18.1. The first-order valence-corrected chi connectivity index (χ1v) is 9.53. The lowest BCUT2D eigenvalue weighted by atomic mass is 10.1. The Labute approximate surface area is 151 Å². The van der Waals surface area contributed by atoms with Crippen molar-refractivity contribution in [3.8, 4) is 0 Å². The van der Waals surface area contributed by atoms with Crippen molar-refractivity contribution in [2.24, 2.45) is 0 Å². The smallest absolute Gasteiger partial charge is 0.253 e. The van der Waals surface area contributed by atoms with Crippen LogP contribution in [-0.4, -0.2) is 39.6 Å². The topological polar surface area (TPSA) is 46.1 Å². The number of rotatable bonds is 2. The molecule has 0 N–H and O–H groups in total. The summed E-state index contributed by atoms with van der Waals surface area (Å²) in [5.41, 5.74) is 3.62. The molecule has 0 bridgehead atoms. The van der Waals surface area contributed by atoms with E-state index in [2.05, 4.69) is 34.2 Å². The predicted octanol–water partition coefficient (Wildman–Crippen LogP) is 3.95. The van der Waals surface area contributed by atoms with E-state index in [1.807, 2.05) is 40.9 Å². The Bertz CT molecular complexity index is 884. The fraction of sp³-hybridized carbons (Fsp3) is 0.250. The summed E-state index contributed by atoms with van der Waals surface area (Å²) < 4.78 is 0. The number of thioether (sulfide) groups is 1. The first kappa shape index (κ1) is 16.1. The molecule has 0 unspecified atom stereocenters. The Morgan fingerprint density at radius 1 is 1.00 bits per heavy atom. The Hall–Kier alpha value is -2.40. The van der Waals surface area contributed by atoms with Crippen LogP contribution in [0.3, 0.4) is 0 Å². The van der Waals surface area contributed by atoms with E-state index in [1.54, 1.807) is 12.4 Å². The Kier molecular flexibility index (Phi) is 4.65. The highest BCUT2D eigenvalue weighted by atomic mass is 32.2. The first-order chi connectivity index (χ1) is 12.3. The van der Waals surface area contributed by atoms with Gasteiger partial charge in [0.1, 0.15) is 0 Å². The second-order valence-electron chi connectivity index (χ2n) is 6.11. The van der Waals surface area contributed by atoms with E-state index < -0.39 is 0 Å². The van der Waals surface area contributed by atoms with E-state index in [9.17, 15) is 4.79 Å². The van der Waals surface area contributed by atoms with E-state index in [1.165, 1.54) is 5.56 Å². The van der Waals surface area contributed by atoms with E-state index in [0.717, 1.165) is 36.3 Å². The lowest BCUT2D eigenvalue weighted by Crippen LogP contribution is -2.32. The zero-order valence-electron chi connectivity index (χ0n) is 13.8. The zero-order chi connectivity index (χ0) is 17.1. The molecule has 3 aromatic rings. The molecule has 1 aliphatic heterocycles. The van der Waals surface area contributed by atoms with Gasteiger partial charge in [-0.15, -0.1) is 0 Å². The van der Waals surface area contributed by atoms with Crippen LogP contribution in [0.5, 0.6) is 0 Å². The van der Waals surface area contributed by atoms with Gasteiger partial charge in [0, 0.05) is 42.0 Å². The summed E-state index contributed by atoms with van der Waals surface area (Å²) in [7, 11) is 0. The standard InChI is InChI=1S/C20H19N3OS/c24-20(16-6-7-17-18(14-16)22-10-9-21-17)23-11-8-19(25-13-12-23)15-4-2-1-3-5-15/h1-7,9-10,14,19H,8,11-13H2/t19-/m0/s1. The summed E-state index contributed by atoms with van der Waals surface area (Å²) in [6.45, 7) is 1.56. The minimum Gasteiger partial charge on any atom is -0.338 e. The average molecular weight is 349 g/mol. The van der Waals surface area contributed by atoms with E-state index in [-0.39, 0.29) is 5.91 Å². The monoisotopic (exact) mass is 349 g/mol. The lowest BCUT2D eigenvalue weighted by Gasteiger charge is -2.20. The number of amides is 1. The number of carbonyl (C=O) groups is 1. The maximum Gasteiger partial charge on any atom is 0.253 e. The Balaban J connectivity index is 1.50. The molecule has 1 saturated heterocycles. The van der Waals surface area contributed by atoms with Crippen LogP contribution < -0.4 is 0 Å². The van der Waals surface area contributed by atoms with Gasteiger partial charge in [-0.1, -0.05) is 30.3 Å². The molecule has 0 saturated carbocycles. The summed E-state index contributed by atoms with van der Waals surface area (Å²) in [4.78, 5) is 23.4. The highest BCUT2D eigenvalue weighted by molar-refractivity contribution is 7.99.